The van der Waals surface area contributed by atoms with Gasteiger partial charge in [-0.1, -0.05) is 0 Å². The standard InChI is InChI=1S/3C4H6O6.2Al/c3*5-1(3(7)8)2(6)4(9)10;;/h3*1-2,5-6H,(H,7,8)(H,9,10);;/p-6. The van der Waals surface area contributed by atoms with Gasteiger partial charge in [0.15, 0.2) is 0 Å². The van der Waals surface area contributed by atoms with E-state index in [1.807, 2.05) is 0 Å². The molecule has 0 rings (SSSR count). The van der Waals surface area contributed by atoms with Gasteiger partial charge in [-0.3, -0.25) is 0 Å². The van der Waals surface area contributed by atoms with Crippen LogP contribution in [0.25, 0.3) is 0 Å². The van der Waals surface area contributed by atoms with E-state index >= 15 is 0 Å². The first-order chi connectivity index (χ1) is 13.4. The van der Waals surface area contributed by atoms with Gasteiger partial charge in [-0.2, -0.15) is 0 Å². The molecule has 180 valence electrons. The van der Waals surface area contributed by atoms with E-state index in [4.69, 9.17) is 30.6 Å². The number of carboxylic acids is 6. The maximum atomic E-state index is 9.63. The van der Waals surface area contributed by atoms with Crippen molar-refractivity contribution in [1.29, 1.82) is 0 Å². The van der Waals surface area contributed by atoms with E-state index in [1.54, 1.807) is 0 Å². The zero-order valence-corrected chi connectivity index (χ0v) is 17.5. The van der Waals surface area contributed by atoms with Crippen LogP contribution >= 0.6 is 0 Å². The lowest BCUT2D eigenvalue weighted by Crippen LogP contribution is -2.51. The van der Waals surface area contributed by atoms with Gasteiger partial charge in [0.25, 0.3) is 0 Å². The molecular weight excluding hydrogens is 486 g/mol. The second-order valence-corrected chi connectivity index (χ2v) is 4.58. The van der Waals surface area contributed by atoms with Crippen LogP contribution in [0.2, 0.25) is 0 Å². The minimum absolute atomic E-state index is 0. The highest BCUT2D eigenvalue weighted by Crippen LogP contribution is 1.90. The number of carbonyl (C=O) groups is 6. The third kappa shape index (κ3) is 17.3. The van der Waals surface area contributed by atoms with E-state index in [0.29, 0.717) is 0 Å². The zero-order valence-electron chi connectivity index (χ0n) is 15.2. The Morgan fingerprint density at radius 2 is 0.406 bits per heavy atom. The fourth-order valence-corrected chi connectivity index (χ4v) is 0.773. The van der Waals surface area contributed by atoms with Crippen molar-refractivity contribution in [3.05, 3.63) is 0 Å². The Morgan fingerprint density at radius 1 is 0.344 bits per heavy atom. The van der Waals surface area contributed by atoms with Gasteiger partial charge in [0.2, 0.25) is 0 Å². The van der Waals surface area contributed by atoms with Crippen LogP contribution in [0, 0.1) is 0 Å². The first-order valence-electron chi connectivity index (χ1n) is 6.73. The molecule has 0 aromatic heterocycles. The molecule has 0 saturated carbocycles. The molecule has 20 heteroatoms. The number of aliphatic carboxylic acids is 6. The van der Waals surface area contributed by atoms with Crippen molar-refractivity contribution in [2.24, 2.45) is 0 Å². The van der Waals surface area contributed by atoms with Crippen LogP contribution in [0.15, 0.2) is 0 Å². The van der Waals surface area contributed by atoms with Crippen molar-refractivity contribution in [2.75, 3.05) is 0 Å². The summed E-state index contributed by atoms with van der Waals surface area (Å²) < 4.78 is 0. The first kappa shape index (κ1) is 40.0. The van der Waals surface area contributed by atoms with Crippen LogP contribution in [0.3, 0.4) is 0 Å². The summed E-state index contributed by atoms with van der Waals surface area (Å²) in [7, 11) is 0. The van der Waals surface area contributed by atoms with Gasteiger partial charge in [-0.05, 0) is 0 Å². The minimum Gasteiger partial charge on any atom is -0.547 e. The van der Waals surface area contributed by atoms with Crippen LogP contribution in [0.5, 0.6) is 0 Å². The van der Waals surface area contributed by atoms with Gasteiger partial charge >= 0.3 is 0 Å². The fourth-order valence-electron chi connectivity index (χ4n) is 0.773. The van der Waals surface area contributed by atoms with Gasteiger partial charge in [0.05, 0.1) is 35.8 Å². The molecule has 0 aromatic rings. The predicted molar refractivity (Wildman–Crippen MR) is 77.6 cm³/mol. The molecule has 0 saturated heterocycles. The number of aliphatic hydroxyl groups is 6. The summed E-state index contributed by atoms with van der Waals surface area (Å²) in [6, 6.07) is 0. The van der Waals surface area contributed by atoms with Crippen LogP contribution in [-0.4, -0.2) is 138 Å². The molecular formula is C12H12Al2O18-6. The first-order valence-corrected chi connectivity index (χ1v) is 6.73. The van der Waals surface area contributed by atoms with E-state index in [1.165, 1.54) is 0 Å². The van der Waals surface area contributed by atoms with Crippen molar-refractivity contribution >= 4 is 70.5 Å². The summed E-state index contributed by atoms with van der Waals surface area (Å²) in [5, 5.41) is 107. The molecule has 0 bridgehead atoms. The third-order valence-electron chi connectivity index (χ3n) is 2.35. The zero-order chi connectivity index (χ0) is 24.9. The lowest BCUT2D eigenvalue weighted by molar-refractivity contribution is -0.333. The van der Waals surface area contributed by atoms with E-state index in [2.05, 4.69) is 0 Å². The van der Waals surface area contributed by atoms with E-state index in [-0.39, 0.29) is 34.7 Å². The van der Waals surface area contributed by atoms with E-state index in [9.17, 15) is 59.4 Å². The van der Waals surface area contributed by atoms with Crippen molar-refractivity contribution in [3.8, 4) is 0 Å². The molecule has 0 aliphatic carbocycles. The summed E-state index contributed by atoms with van der Waals surface area (Å²) >= 11 is 0. The number of rotatable bonds is 9. The maximum absolute atomic E-state index is 9.63. The predicted octanol–water partition coefficient (Wildman–Crippen LogP) is -15.1. The number of aliphatic hydroxyl groups excluding tert-OH is 6. The van der Waals surface area contributed by atoms with Crippen molar-refractivity contribution in [1.82, 2.24) is 0 Å². The average molecular weight is 498 g/mol. The molecule has 6 N–H and O–H groups in total. The summed E-state index contributed by atoms with van der Waals surface area (Å²) in [4.78, 5) is 57.8. The summed E-state index contributed by atoms with van der Waals surface area (Å²) in [5.74, 6) is -12.4. The van der Waals surface area contributed by atoms with Gasteiger partial charge < -0.3 is 90.0 Å². The molecule has 32 heavy (non-hydrogen) atoms. The Balaban J connectivity index is -0.000000110. The van der Waals surface area contributed by atoms with Crippen LogP contribution in [0.1, 0.15) is 0 Å². The van der Waals surface area contributed by atoms with Crippen LogP contribution < -0.4 is 30.6 Å². The molecule has 6 radical (unpaired) electrons. The lowest BCUT2D eigenvalue weighted by Gasteiger charge is -2.18. The van der Waals surface area contributed by atoms with Gasteiger partial charge in [0.1, 0.15) is 36.6 Å². The molecule has 0 heterocycles. The van der Waals surface area contributed by atoms with Crippen molar-refractivity contribution < 1.29 is 90.0 Å². The Bertz CT molecular complexity index is 498. The monoisotopic (exact) mass is 498 g/mol. The van der Waals surface area contributed by atoms with Gasteiger partial charge in [0, 0.05) is 34.7 Å². The number of hydrogen-bond acceptors (Lipinski definition) is 18. The van der Waals surface area contributed by atoms with Crippen LogP contribution in [0.4, 0.5) is 0 Å². The Labute approximate surface area is 197 Å². The molecule has 6 unspecified atom stereocenters. The van der Waals surface area contributed by atoms with Gasteiger partial charge in [-0.25, -0.2) is 0 Å². The van der Waals surface area contributed by atoms with Crippen molar-refractivity contribution in [2.45, 2.75) is 36.6 Å². The molecule has 0 fully saturated rings. The maximum Gasteiger partial charge on any atom is 0.124 e. The normalized spacial score (nSPS) is 14.8. The number of hydrogen-bond donors (Lipinski definition) is 6. The van der Waals surface area contributed by atoms with E-state index < -0.39 is 72.4 Å². The Hall–Kier alpha value is -2.36. The van der Waals surface area contributed by atoms with Gasteiger partial charge in [-0.15, -0.1) is 0 Å². The quantitative estimate of drug-likeness (QED) is 0.161. The van der Waals surface area contributed by atoms with E-state index in [0.717, 1.165) is 0 Å². The minimum atomic E-state index is -2.44. The highest BCUT2D eigenvalue weighted by molar-refractivity contribution is 5.82. The smallest absolute Gasteiger partial charge is 0.124 e. The summed E-state index contributed by atoms with van der Waals surface area (Å²) in [6.07, 6.45) is -14.6. The fraction of sp³-hybridized carbons (Fsp3) is 0.500. The second kappa shape index (κ2) is 19.3. The number of carboxylic acid groups (broad SMARTS) is 6. The molecule has 0 aromatic carbocycles. The summed E-state index contributed by atoms with van der Waals surface area (Å²) in [6.45, 7) is 0. The molecule has 6 atom stereocenters. The third-order valence-corrected chi connectivity index (χ3v) is 2.35. The second-order valence-electron chi connectivity index (χ2n) is 4.58. The Kier molecular flexibility index (Phi) is 24.2. The molecule has 0 spiro atoms. The topological polar surface area (TPSA) is 362 Å². The largest absolute Gasteiger partial charge is 0.547 e. The summed E-state index contributed by atoms with van der Waals surface area (Å²) in [5.41, 5.74) is 0. The SMILES string of the molecule is O=C([O-])C(O)C(O)C(=O)[O-].O=C([O-])C(O)C(O)C(=O)[O-].O=C([O-])C(O)C(O)C(=O)[O-].[Al].[Al]. The van der Waals surface area contributed by atoms with Crippen LogP contribution in [-0.2, 0) is 28.8 Å². The van der Waals surface area contributed by atoms with Crippen molar-refractivity contribution in [3.63, 3.8) is 0 Å². The molecule has 0 amide bonds. The average Bonchev–Trinajstić information content (AvgIpc) is 2.64. The lowest BCUT2D eigenvalue weighted by atomic mass is 10.2. The highest BCUT2D eigenvalue weighted by Gasteiger charge is 2.18. The number of carbonyl (C=O) groups excluding carboxylic acids is 6. The molecule has 0 aliphatic rings. The molecule has 0 aliphatic heterocycles. The Morgan fingerprint density at radius 3 is 0.438 bits per heavy atom. The molecule has 18 nitrogen and oxygen atoms in total. The highest BCUT2D eigenvalue weighted by atomic mass is 27.0.